The molecule has 1 heterocycles. The maximum Gasteiger partial charge on any atom is 0.246 e. The van der Waals surface area contributed by atoms with E-state index in [1.807, 2.05) is 6.92 Å². The van der Waals surface area contributed by atoms with E-state index in [4.69, 9.17) is 11.6 Å². The van der Waals surface area contributed by atoms with Crippen molar-refractivity contribution in [1.82, 2.24) is 10.2 Å². The molecule has 0 aliphatic carbocycles. The van der Waals surface area contributed by atoms with Crippen molar-refractivity contribution in [3.05, 3.63) is 34.6 Å². The van der Waals surface area contributed by atoms with Gasteiger partial charge in [-0.25, -0.2) is 4.39 Å². The van der Waals surface area contributed by atoms with E-state index in [1.54, 1.807) is 24.8 Å². The zero-order valence-corrected chi connectivity index (χ0v) is 13.0. The lowest BCUT2D eigenvalue weighted by molar-refractivity contribution is -0.157. The third-order valence-corrected chi connectivity index (χ3v) is 4.37. The molecule has 0 saturated carbocycles. The van der Waals surface area contributed by atoms with Crippen LogP contribution in [0.2, 0.25) is 5.02 Å². The molecule has 2 unspecified atom stereocenters. The molecule has 2 rings (SSSR count). The molecule has 4 nitrogen and oxygen atoms in total. The quantitative estimate of drug-likeness (QED) is 0.932. The van der Waals surface area contributed by atoms with Crippen LogP contribution in [0.1, 0.15) is 32.8 Å². The molecule has 1 aromatic rings. The standard InChI is InChI=1S/C15H18ClFN2O2/c1-4-15(3)14(21)18-9(2)13(20)19(15)8-10-5-6-12(17)11(16)7-10/h5-7,9H,4,8H2,1-3H3,(H,18,21). The fourth-order valence-electron chi connectivity index (χ4n) is 2.44. The van der Waals surface area contributed by atoms with Crippen LogP contribution < -0.4 is 5.32 Å². The van der Waals surface area contributed by atoms with E-state index in [1.165, 1.54) is 12.1 Å². The van der Waals surface area contributed by atoms with Crippen molar-refractivity contribution in [3.8, 4) is 0 Å². The normalized spacial score (nSPS) is 26.0. The number of hydrogen-bond donors (Lipinski definition) is 1. The monoisotopic (exact) mass is 312 g/mol. The lowest BCUT2D eigenvalue weighted by Crippen LogP contribution is -2.68. The Bertz CT molecular complexity index is 593. The number of nitrogens with one attached hydrogen (secondary N) is 1. The van der Waals surface area contributed by atoms with Crippen molar-refractivity contribution in [2.45, 2.75) is 45.3 Å². The average molecular weight is 313 g/mol. The van der Waals surface area contributed by atoms with Crippen molar-refractivity contribution >= 4 is 23.4 Å². The molecule has 1 aromatic carbocycles. The molecule has 6 heteroatoms. The fourth-order valence-corrected chi connectivity index (χ4v) is 2.64. The predicted octanol–water partition coefficient (Wildman–Crippen LogP) is 2.49. The Morgan fingerprint density at radius 1 is 1.43 bits per heavy atom. The summed E-state index contributed by atoms with van der Waals surface area (Å²) in [4.78, 5) is 26.2. The maximum atomic E-state index is 13.2. The lowest BCUT2D eigenvalue weighted by atomic mass is 9.90. The van der Waals surface area contributed by atoms with E-state index in [9.17, 15) is 14.0 Å². The summed E-state index contributed by atoms with van der Waals surface area (Å²) < 4.78 is 13.2. The van der Waals surface area contributed by atoms with Gasteiger partial charge in [0.1, 0.15) is 17.4 Å². The topological polar surface area (TPSA) is 49.4 Å². The van der Waals surface area contributed by atoms with Gasteiger partial charge in [0, 0.05) is 6.54 Å². The van der Waals surface area contributed by atoms with Crippen LogP contribution >= 0.6 is 11.6 Å². The van der Waals surface area contributed by atoms with Crippen LogP contribution in [0.4, 0.5) is 4.39 Å². The van der Waals surface area contributed by atoms with Gasteiger partial charge in [0.15, 0.2) is 0 Å². The van der Waals surface area contributed by atoms with Gasteiger partial charge in [0.05, 0.1) is 5.02 Å². The number of halogens is 2. The van der Waals surface area contributed by atoms with E-state index < -0.39 is 17.4 Å². The van der Waals surface area contributed by atoms with E-state index in [-0.39, 0.29) is 23.4 Å². The van der Waals surface area contributed by atoms with Crippen LogP contribution in [0.3, 0.4) is 0 Å². The number of piperazine rings is 1. The highest BCUT2D eigenvalue weighted by atomic mass is 35.5. The Morgan fingerprint density at radius 2 is 2.10 bits per heavy atom. The van der Waals surface area contributed by atoms with Gasteiger partial charge in [-0.15, -0.1) is 0 Å². The smallest absolute Gasteiger partial charge is 0.246 e. The highest BCUT2D eigenvalue weighted by Gasteiger charge is 2.46. The first kappa shape index (κ1) is 15.8. The number of benzene rings is 1. The molecule has 1 fully saturated rings. The first-order chi connectivity index (χ1) is 9.79. The second-order valence-corrected chi connectivity index (χ2v) is 5.90. The van der Waals surface area contributed by atoms with Gasteiger partial charge in [0.2, 0.25) is 11.8 Å². The van der Waals surface area contributed by atoms with E-state index in [2.05, 4.69) is 5.32 Å². The summed E-state index contributed by atoms with van der Waals surface area (Å²) in [6.07, 6.45) is 0.492. The summed E-state index contributed by atoms with van der Waals surface area (Å²) in [7, 11) is 0. The summed E-state index contributed by atoms with van der Waals surface area (Å²) >= 11 is 5.77. The Labute approximate surface area is 128 Å². The molecule has 1 N–H and O–H groups in total. The van der Waals surface area contributed by atoms with Crippen molar-refractivity contribution in [1.29, 1.82) is 0 Å². The number of hydrogen-bond acceptors (Lipinski definition) is 2. The number of carbonyl (C=O) groups excluding carboxylic acids is 2. The van der Waals surface area contributed by atoms with Gasteiger partial charge in [0.25, 0.3) is 0 Å². The third-order valence-electron chi connectivity index (χ3n) is 4.08. The second-order valence-electron chi connectivity index (χ2n) is 5.50. The first-order valence-corrected chi connectivity index (χ1v) is 7.23. The molecule has 0 spiro atoms. The molecule has 0 bridgehead atoms. The van der Waals surface area contributed by atoms with E-state index in [0.29, 0.717) is 12.0 Å². The number of carbonyl (C=O) groups is 2. The van der Waals surface area contributed by atoms with Crippen molar-refractivity contribution in [2.24, 2.45) is 0 Å². The Kier molecular flexibility index (Phi) is 4.23. The molecule has 0 aromatic heterocycles. The van der Waals surface area contributed by atoms with Gasteiger partial charge in [-0.1, -0.05) is 24.6 Å². The summed E-state index contributed by atoms with van der Waals surface area (Å²) in [6, 6.07) is 3.76. The first-order valence-electron chi connectivity index (χ1n) is 6.86. The molecule has 1 aliphatic rings. The zero-order chi connectivity index (χ0) is 15.8. The van der Waals surface area contributed by atoms with Crippen LogP contribution in [0.15, 0.2) is 18.2 Å². The minimum absolute atomic E-state index is 0.00709. The summed E-state index contributed by atoms with van der Waals surface area (Å²) in [5.41, 5.74) is -0.221. The van der Waals surface area contributed by atoms with E-state index in [0.717, 1.165) is 0 Å². The largest absolute Gasteiger partial charge is 0.343 e. The SMILES string of the molecule is CCC1(C)C(=O)NC(C)C(=O)N1Cc1ccc(F)c(Cl)c1. The van der Waals surface area contributed by atoms with Gasteiger partial charge in [-0.2, -0.15) is 0 Å². The second kappa shape index (κ2) is 5.64. The molecular formula is C15H18ClFN2O2. The number of nitrogens with zero attached hydrogens (tertiary/aromatic N) is 1. The van der Waals surface area contributed by atoms with Gasteiger partial charge in [-0.05, 0) is 38.0 Å². The lowest BCUT2D eigenvalue weighted by Gasteiger charge is -2.45. The number of rotatable bonds is 3. The molecule has 0 radical (unpaired) electrons. The zero-order valence-electron chi connectivity index (χ0n) is 12.2. The average Bonchev–Trinajstić information content (AvgIpc) is 2.45. The minimum atomic E-state index is -0.912. The molecule has 1 saturated heterocycles. The maximum absolute atomic E-state index is 13.2. The minimum Gasteiger partial charge on any atom is -0.343 e. The molecule has 1 aliphatic heterocycles. The third kappa shape index (κ3) is 2.75. The predicted molar refractivity (Wildman–Crippen MR) is 78.3 cm³/mol. The van der Waals surface area contributed by atoms with Gasteiger partial charge < -0.3 is 10.2 Å². The number of amides is 2. The Balaban J connectivity index is 2.35. The van der Waals surface area contributed by atoms with Gasteiger partial charge in [-0.3, -0.25) is 9.59 Å². The van der Waals surface area contributed by atoms with Crippen molar-refractivity contribution in [3.63, 3.8) is 0 Å². The van der Waals surface area contributed by atoms with Crippen molar-refractivity contribution < 1.29 is 14.0 Å². The van der Waals surface area contributed by atoms with Crippen LogP contribution in [0.5, 0.6) is 0 Å². The van der Waals surface area contributed by atoms with Crippen LogP contribution in [0, 0.1) is 5.82 Å². The Morgan fingerprint density at radius 3 is 2.67 bits per heavy atom. The molecular weight excluding hydrogens is 295 g/mol. The summed E-state index contributed by atoms with van der Waals surface area (Å²) in [6.45, 7) is 5.46. The van der Waals surface area contributed by atoms with E-state index >= 15 is 0 Å². The molecule has 2 atom stereocenters. The summed E-state index contributed by atoms with van der Waals surface area (Å²) in [5, 5.41) is 2.70. The van der Waals surface area contributed by atoms with Crippen molar-refractivity contribution in [2.75, 3.05) is 0 Å². The van der Waals surface area contributed by atoms with Crippen LogP contribution in [-0.4, -0.2) is 28.3 Å². The molecule has 2 amide bonds. The van der Waals surface area contributed by atoms with Crippen LogP contribution in [-0.2, 0) is 16.1 Å². The van der Waals surface area contributed by atoms with Crippen LogP contribution in [0.25, 0.3) is 0 Å². The highest BCUT2D eigenvalue weighted by molar-refractivity contribution is 6.30. The van der Waals surface area contributed by atoms with Gasteiger partial charge >= 0.3 is 0 Å². The highest BCUT2D eigenvalue weighted by Crippen LogP contribution is 2.28. The fraction of sp³-hybridized carbons (Fsp3) is 0.467. The molecule has 21 heavy (non-hydrogen) atoms. The summed E-state index contributed by atoms with van der Waals surface area (Å²) in [5.74, 6) is -0.834. The Hall–Kier alpha value is -1.62. The molecule has 114 valence electrons.